The van der Waals surface area contributed by atoms with Gasteiger partial charge in [0.05, 0.1) is 6.61 Å². The fourth-order valence-electron chi connectivity index (χ4n) is 1.98. The SMILES string of the molecule is COCCNCCc1c(C)nc(CS(C)(=O)=O)nc1C. The van der Waals surface area contributed by atoms with Crippen LogP contribution >= 0.6 is 0 Å². The van der Waals surface area contributed by atoms with E-state index in [-0.39, 0.29) is 5.75 Å². The van der Waals surface area contributed by atoms with Crippen LogP contribution in [0.15, 0.2) is 0 Å². The van der Waals surface area contributed by atoms with Crippen molar-refractivity contribution in [1.29, 1.82) is 0 Å². The van der Waals surface area contributed by atoms with Gasteiger partial charge in [-0.3, -0.25) is 0 Å². The van der Waals surface area contributed by atoms with E-state index >= 15 is 0 Å². The molecular weight excluding hydrogens is 278 g/mol. The molecule has 0 atom stereocenters. The third-order valence-corrected chi connectivity index (χ3v) is 3.68. The maximum absolute atomic E-state index is 11.3. The third kappa shape index (κ3) is 5.94. The summed E-state index contributed by atoms with van der Waals surface area (Å²) >= 11 is 0. The minimum Gasteiger partial charge on any atom is -0.383 e. The molecule has 1 N–H and O–H groups in total. The lowest BCUT2D eigenvalue weighted by Crippen LogP contribution is -2.22. The van der Waals surface area contributed by atoms with Crippen LogP contribution in [-0.2, 0) is 26.7 Å². The van der Waals surface area contributed by atoms with Crippen molar-refractivity contribution in [2.45, 2.75) is 26.0 Å². The highest BCUT2D eigenvalue weighted by atomic mass is 32.2. The number of ether oxygens (including phenoxy) is 1. The van der Waals surface area contributed by atoms with Crippen molar-refractivity contribution >= 4 is 9.84 Å². The van der Waals surface area contributed by atoms with E-state index in [1.165, 1.54) is 6.26 Å². The van der Waals surface area contributed by atoms with Crippen LogP contribution in [0.3, 0.4) is 0 Å². The summed E-state index contributed by atoms with van der Waals surface area (Å²) < 4.78 is 27.5. The van der Waals surface area contributed by atoms with Gasteiger partial charge in [-0.15, -0.1) is 0 Å². The van der Waals surface area contributed by atoms with Crippen LogP contribution in [0, 0.1) is 13.8 Å². The zero-order chi connectivity index (χ0) is 15.2. The molecular formula is C13H23N3O3S. The van der Waals surface area contributed by atoms with Crippen molar-refractivity contribution in [1.82, 2.24) is 15.3 Å². The fraction of sp³-hybridized carbons (Fsp3) is 0.692. The second-order valence-electron chi connectivity index (χ2n) is 4.85. The molecule has 0 unspecified atom stereocenters. The Labute approximate surface area is 120 Å². The Kier molecular flexibility index (Phi) is 6.51. The second-order valence-corrected chi connectivity index (χ2v) is 6.99. The molecule has 1 rings (SSSR count). The number of hydrogen-bond donors (Lipinski definition) is 1. The van der Waals surface area contributed by atoms with Crippen LogP contribution in [0.1, 0.15) is 22.8 Å². The van der Waals surface area contributed by atoms with Gasteiger partial charge in [-0.1, -0.05) is 0 Å². The molecule has 0 spiro atoms. The smallest absolute Gasteiger partial charge is 0.154 e. The summed E-state index contributed by atoms with van der Waals surface area (Å²) in [5.41, 5.74) is 2.78. The maximum atomic E-state index is 11.3. The van der Waals surface area contributed by atoms with Crippen LogP contribution in [-0.4, -0.2) is 51.4 Å². The largest absolute Gasteiger partial charge is 0.383 e. The molecule has 0 aliphatic heterocycles. The number of hydrogen-bond acceptors (Lipinski definition) is 6. The molecule has 0 bridgehead atoms. The summed E-state index contributed by atoms with van der Waals surface area (Å²) in [5, 5.41) is 3.27. The van der Waals surface area contributed by atoms with E-state index in [1.807, 2.05) is 13.8 Å². The van der Waals surface area contributed by atoms with Crippen molar-refractivity contribution in [2.75, 3.05) is 33.1 Å². The highest BCUT2D eigenvalue weighted by Gasteiger charge is 2.12. The first-order valence-electron chi connectivity index (χ1n) is 6.54. The van der Waals surface area contributed by atoms with Crippen molar-refractivity contribution in [3.8, 4) is 0 Å². The number of aryl methyl sites for hydroxylation is 2. The molecule has 114 valence electrons. The number of rotatable bonds is 8. The topological polar surface area (TPSA) is 81.2 Å². The van der Waals surface area contributed by atoms with Crippen LogP contribution in [0.4, 0.5) is 0 Å². The number of aromatic nitrogens is 2. The molecule has 0 fully saturated rings. The Morgan fingerprint density at radius 2 is 1.75 bits per heavy atom. The molecule has 7 heteroatoms. The molecule has 0 aromatic carbocycles. The lowest BCUT2D eigenvalue weighted by molar-refractivity contribution is 0.199. The Morgan fingerprint density at radius 3 is 2.25 bits per heavy atom. The normalized spacial score (nSPS) is 11.8. The lowest BCUT2D eigenvalue weighted by atomic mass is 10.1. The molecule has 0 saturated carbocycles. The van der Waals surface area contributed by atoms with Crippen LogP contribution < -0.4 is 5.32 Å². The van der Waals surface area contributed by atoms with Gasteiger partial charge in [0.25, 0.3) is 0 Å². The summed E-state index contributed by atoms with van der Waals surface area (Å²) in [6, 6.07) is 0. The zero-order valence-electron chi connectivity index (χ0n) is 12.6. The van der Waals surface area contributed by atoms with E-state index in [2.05, 4.69) is 15.3 Å². The van der Waals surface area contributed by atoms with E-state index in [4.69, 9.17) is 4.74 Å². The minimum absolute atomic E-state index is 0.110. The van der Waals surface area contributed by atoms with E-state index < -0.39 is 9.84 Å². The zero-order valence-corrected chi connectivity index (χ0v) is 13.4. The molecule has 0 aliphatic rings. The number of sulfone groups is 1. The maximum Gasteiger partial charge on any atom is 0.154 e. The first-order chi connectivity index (χ1) is 9.33. The van der Waals surface area contributed by atoms with Gasteiger partial charge in [0.1, 0.15) is 11.6 Å². The van der Waals surface area contributed by atoms with Crippen LogP contribution in [0.25, 0.3) is 0 Å². The van der Waals surface area contributed by atoms with Crippen LogP contribution in [0.5, 0.6) is 0 Å². The van der Waals surface area contributed by atoms with E-state index in [0.717, 1.165) is 36.5 Å². The van der Waals surface area contributed by atoms with E-state index in [1.54, 1.807) is 7.11 Å². The first-order valence-corrected chi connectivity index (χ1v) is 8.60. The second kappa shape index (κ2) is 7.66. The highest BCUT2D eigenvalue weighted by molar-refractivity contribution is 7.89. The number of methoxy groups -OCH3 is 1. The molecule has 20 heavy (non-hydrogen) atoms. The summed E-state index contributed by atoms with van der Waals surface area (Å²) in [4.78, 5) is 8.58. The Hall–Kier alpha value is -1.05. The van der Waals surface area contributed by atoms with Crippen molar-refractivity contribution in [2.24, 2.45) is 0 Å². The molecule has 1 heterocycles. The molecule has 1 aromatic heterocycles. The average molecular weight is 301 g/mol. The monoisotopic (exact) mass is 301 g/mol. The Bertz CT molecular complexity index is 521. The molecule has 0 radical (unpaired) electrons. The van der Waals surface area contributed by atoms with E-state index in [9.17, 15) is 8.42 Å². The summed E-state index contributed by atoms with van der Waals surface area (Å²) in [5.74, 6) is 0.264. The molecule has 0 aliphatic carbocycles. The molecule has 0 saturated heterocycles. The van der Waals surface area contributed by atoms with Gasteiger partial charge >= 0.3 is 0 Å². The van der Waals surface area contributed by atoms with Gasteiger partial charge in [0.2, 0.25) is 0 Å². The first kappa shape index (κ1) is 17.0. The quantitative estimate of drug-likeness (QED) is 0.701. The van der Waals surface area contributed by atoms with Gasteiger partial charge in [-0.2, -0.15) is 0 Å². The Balaban J connectivity index is 2.69. The third-order valence-electron chi connectivity index (χ3n) is 2.89. The lowest BCUT2D eigenvalue weighted by Gasteiger charge is -2.11. The van der Waals surface area contributed by atoms with Crippen molar-refractivity contribution < 1.29 is 13.2 Å². The average Bonchev–Trinajstić information content (AvgIpc) is 2.29. The molecule has 1 aromatic rings. The van der Waals surface area contributed by atoms with Crippen molar-refractivity contribution in [3.63, 3.8) is 0 Å². The van der Waals surface area contributed by atoms with Gasteiger partial charge in [-0.05, 0) is 32.4 Å². The van der Waals surface area contributed by atoms with Crippen molar-refractivity contribution in [3.05, 3.63) is 22.8 Å². The van der Waals surface area contributed by atoms with E-state index in [0.29, 0.717) is 12.4 Å². The highest BCUT2D eigenvalue weighted by Crippen LogP contribution is 2.12. The summed E-state index contributed by atoms with van der Waals surface area (Å²) in [7, 11) is -1.43. The minimum atomic E-state index is -3.10. The summed E-state index contributed by atoms with van der Waals surface area (Å²) in [6.07, 6.45) is 2.01. The number of nitrogens with zero attached hydrogens (tertiary/aromatic N) is 2. The predicted octanol–water partition coefficient (Wildman–Crippen LogP) is 0.417. The van der Waals surface area contributed by atoms with Gasteiger partial charge < -0.3 is 10.1 Å². The molecule has 6 nitrogen and oxygen atoms in total. The summed E-state index contributed by atoms with van der Waals surface area (Å²) in [6.45, 7) is 6.10. The fourth-order valence-corrected chi connectivity index (χ4v) is 2.58. The van der Waals surface area contributed by atoms with Gasteiger partial charge in [0.15, 0.2) is 9.84 Å². The Morgan fingerprint density at radius 1 is 1.15 bits per heavy atom. The van der Waals surface area contributed by atoms with Gasteiger partial charge in [0, 0.05) is 31.3 Å². The van der Waals surface area contributed by atoms with Gasteiger partial charge in [-0.25, -0.2) is 18.4 Å². The number of nitrogens with one attached hydrogen (secondary N) is 1. The standard InChI is InChI=1S/C13H23N3O3S/c1-10-12(5-6-14-7-8-19-3)11(2)16-13(15-10)9-20(4,17)18/h14H,5-9H2,1-4H3. The van der Waals surface area contributed by atoms with Crippen LogP contribution in [0.2, 0.25) is 0 Å². The molecule has 0 amide bonds. The predicted molar refractivity (Wildman–Crippen MR) is 78.5 cm³/mol.